The molecule has 0 aliphatic heterocycles. The number of benzene rings is 2. The van der Waals surface area contributed by atoms with Crippen LogP contribution >= 0.6 is 15.9 Å². The van der Waals surface area contributed by atoms with E-state index < -0.39 is 11.6 Å². The summed E-state index contributed by atoms with van der Waals surface area (Å²) in [6, 6.07) is 11.7. The molecule has 0 aliphatic rings. The van der Waals surface area contributed by atoms with E-state index in [-0.39, 0.29) is 16.6 Å². The highest BCUT2D eigenvalue weighted by atomic mass is 79.9. The monoisotopic (exact) mass is 349 g/mol. The van der Waals surface area contributed by atoms with Crippen molar-refractivity contribution in [3.63, 3.8) is 0 Å². The van der Waals surface area contributed by atoms with Crippen molar-refractivity contribution in [1.29, 1.82) is 0 Å². The highest BCUT2D eigenvalue weighted by Gasteiger charge is 2.13. The zero-order valence-electron chi connectivity index (χ0n) is 10.8. The summed E-state index contributed by atoms with van der Waals surface area (Å²) in [5.74, 6) is -0.793. The Hall–Kier alpha value is -2.01. The molecule has 106 valence electrons. The zero-order valence-corrected chi connectivity index (χ0v) is 12.4. The van der Waals surface area contributed by atoms with Gasteiger partial charge in [0.1, 0.15) is 29.5 Å². The van der Waals surface area contributed by atoms with Gasteiger partial charge in [0.05, 0.1) is 10.0 Å². The van der Waals surface area contributed by atoms with Gasteiger partial charge in [0.25, 0.3) is 0 Å². The largest absolute Gasteiger partial charge is 0.486 e. The molecule has 21 heavy (non-hydrogen) atoms. The highest BCUT2D eigenvalue weighted by Crippen LogP contribution is 2.26. The van der Waals surface area contributed by atoms with E-state index >= 15 is 0 Å². The minimum Gasteiger partial charge on any atom is -0.486 e. The second-order valence-electron chi connectivity index (χ2n) is 4.44. The van der Waals surface area contributed by atoms with Crippen molar-refractivity contribution in [1.82, 2.24) is 4.98 Å². The Morgan fingerprint density at radius 2 is 1.86 bits per heavy atom. The molecule has 0 amide bonds. The second kappa shape index (κ2) is 5.77. The molecule has 2 nitrogen and oxygen atoms in total. The topological polar surface area (TPSA) is 22.1 Å². The van der Waals surface area contributed by atoms with Gasteiger partial charge in [-0.1, -0.05) is 18.2 Å². The second-order valence-corrected chi connectivity index (χ2v) is 5.30. The number of nitrogens with zero attached hydrogens (tertiary/aromatic N) is 1. The van der Waals surface area contributed by atoms with E-state index in [1.807, 2.05) is 24.3 Å². The quantitative estimate of drug-likeness (QED) is 0.630. The number of rotatable bonds is 3. The maximum absolute atomic E-state index is 13.9. The fourth-order valence-corrected chi connectivity index (χ4v) is 2.42. The maximum Gasteiger partial charge on any atom is 0.146 e. The molecular weight excluding hydrogens is 340 g/mol. The molecule has 0 spiro atoms. The van der Waals surface area contributed by atoms with E-state index in [0.717, 1.165) is 5.39 Å². The smallest absolute Gasteiger partial charge is 0.146 e. The fourth-order valence-electron chi connectivity index (χ4n) is 2.04. The summed E-state index contributed by atoms with van der Waals surface area (Å²) in [5, 5.41) is 0.908. The summed E-state index contributed by atoms with van der Waals surface area (Å²) in [5.41, 5.74) is 0.549. The van der Waals surface area contributed by atoms with Gasteiger partial charge in [-0.05, 0) is 40.2 Å². The van der Waals surface area contributed by atoms with E-state index in [2.05, 4.69) is 20.9 Å². The number of aromatic nitrogens is 1. The van der Waals surface area contributed by atoms with Crippen LogP contribution in [-0.2, 0) is 6.61 Å². The molecule has 0 atom stereocenters. The molecule has 0 aliphatic carbocycles. The maximum atomic E-state index is 13.9. The Balaban J connectivity index is 1.93. The molecule has 0 saturated carbocycles. The standard InChI is InChI=1S/C16H10BrF2NO/c17-12-6-7-13(18)11(15(12)19)9-21-14-5-1-3-10-4-2-8-20-16(10)14/h1-8H,9H2. The summed E-state index contributed by atoms with van der Waals surface area (Å²) < 4.78 is 33.4. The van der Waals surface area contributed by atoms with Crippen LogP contribution < -0.4 is 4.74 Å². The first kappa shape index (κ1) is 13.9. The average molecular weight is 350 g/mol. The summed E-state index contributed by atoms with van der Waals surface area (Å²) >= 11 is 3.04. The van der Waals surface area contributed by atoms with Crippen LogP contribution in [0.5, 0.6) is 5.75 Å². The zero-order chi connectivity index (χ0) is 14.8. The Morgan fingerprint density at radius 1 is 1.05 bits per heavy atom. The number of pyridine rings is 1. The Bertz CT molecular complexity index is 802. The van der Waals surface area contributed by atoms with Crippen LogP contribution in [0.15, 0.2) is 53.1 Å². The third-order valence-corrected chi connectivity index (χ3v) is 3.72. The minimum absolute atomic E-state index is 0.114. The van der Waals surface area contributed by atoms with Gasteiger partial charge in [-0.25, -0.2) is 8.78 Å². The van der Waals surface area contributed by atoms with E-state index in [4.69, 9.17) is 4.74 Å². The number of hydrogen-bond donors (Lipinski definition) is 0. The van der Waals surface area contributed by atoms with Crippen molar-refractivity contribution in [2.24, 2.45) is 0 Å². The van der Waals surface area contributed by atoms with Crippen LogP contribution in [0, 0.1) is 11.6 Å². The predicted octanol–water partition coefficient (Wildman–Crippen LogP) is 4.85. The molecule has 3 aromatic rings. The van der Waals surface area contributed by atoms with E-state index in [9.17, 15) is 8.78 Å². The number of hydrogen-bond acceptors (Lipinski definition) is 2. The molecule has 2 aromatic carbocycles. The van der Waals surface area contributed by atoms with Crippen LogP contribution in [-0.4, -0.2) is 4.98 Å². The minimum atomic E-state index is -0.650. The van der Waals surface area contributed by atoms with Gasteiger partial charge >= 0.3 is 0 Å². The summed E-state index contributed by atoms with van der Waals surface area (Å²) in [4.78, 5) is 4.23. The van der Waals surface area contributed by atoms with Crippen LogP contribution in [0.2, 0.25) is 0 Å². The van der Waals surface area contributed by atoms with Crippen LogP contribution in [0.25, 0.3) is 10.9 Å². The average Bonchev–Trinajstić information content (AvgIpc) is 2.51. The first-order valence-corrected chi connectivity index (χ1v) is 7.05. The molecule has 0 saturated heterocycles. The molecule has 0 fully saturated rings. The molecule has 0 bridgehead atoms. The van der Waals surface area contributed by atoms with E-state index in [1.54, 1.807) is 12.3 Å². The summed E-state index contributed by atoms with van der Waals surface area (Å²) in [7, 11) is 0. The van der Waals surface area contributed by atoms with Crippen LogP contribution in [0.1, 0.15) is 5.56 Å². The Kier molecular flexibility index (Phi) is 3.84. The fraction of sp³-hybridized carbons (Fsp3) is 0.0625. The molecule has 3 rings (SSSR count). The van der Waals surface area contributed by atoms with Crippen molar-refractivity contribution in [3.05, 3.63) is 70.3 Å². The van der Waals surface area contributed by atoms with E-state index in [1.165, 1.54) is 12.1 Å². The van der Waals surface area contributed by atoms with Crippen molar-refractivity contribution in [2.75, 3.05) is 0 Å². The van der Waals surface area contributed by atoms with Crippen LogP contribution in [0.3, 0.4) is 0 Å². The van der Waals surface area contributed by atoms with Crippen LogP contribution in [0.4, 0.5) is 8.78 Å². The van der Waals surface area contributed by atoms with Gasteiger partial charge in [0.15, 0.2) is 0 Å². The Morgan fingerprint density at radius 3 is 2.71 bits per heavy atom. The number of ether oxygens (including phenoxy) is 1. The summed E-state index contributed by atoms with van der Waals surface area (Å²) in [6.45, 7) is -0.202. The third kappa shape index (κ3) is 2.74. The lowest BCUT2D eigenvalue weighted by atomic mass is 10.2. The molecule has 0 N–H and O–H groups in total. The number of halogens is 3. The van der Waals surface area contributed by atoms with Gasteiger partial charge in [-0.2, -0.15) is 0 Å². The van der Waals surface area contributed by atoms with Gasteiger partial charge in [0, 0.05) is 11.6 Å². The van der Waals surface area contributed by atoms with Crippen molar-refractivity contribution in [2.45, 2.75) is 6.61 Å². The van der Waals surface area contributed by atoms with Crippen molar-refractivity contribution >= 4 is 26.8 Å². The lowest BCUT2D eigenvalue weighted by molar-refractivity contribution is 0.295. The number of fused-ring (bicyclic) bond motifs is 1. The predicted molar refractivity (Wildman–Crippen MR) is 80.1 cm³/mol. The lowest BCUT2D eigenvalue weighted by Crippen LogP contribution is -2.03. The van der Waals surface area contributed by atoms with Gasteiger partial charge in [-0.15, -0.1) is 0 Å². The molecule has 1 aromatic heterocycles. The third-order valence-electron chi connectivity index (χ3n) is 3.11. The molecule has 5 heteroatoms. The molecule has 0 radical (unpaired) electrons. The van der Waals surface area contributed by atoms with Gasteiger partial charge in [-0.3, -0.25) is 4.98 Å². The lowest BCUT2D eigenvalue weighted by Gasteiger charge is -2.10. The SMILES string of the molecule is Fc1ccc(Br)c(F)c1COc1cccc2cccnc12. The molecule has 0 unspecified atom stereocenters. The van der Waals surface area contributed by atoms with E-state index in [0.29, 0.717) is 11.3 Å². The molecule has 1 heterocycles. The van der Waals surface area contributed by atoms with Crippen molar-refractivity contribution in [3.8, 4) is 5.75 Å². The highest BCUT2D eigenvalue weighted by molar-refractivity contribution is 9.10. The number of para-hydroxylation sites is 1. The van der Waals surface area contributed by atoms with Gasteiger partial charge < -0.3 is 4.74 Å². The Labute approximate surface area is 128 Å². The van der Waals surface area contributed by atoms with Crippen molar-refractivity contribution < 1.29 is 13.5 Å². The molecular formula is C16H10BrF2NO. The first-order valence-electron chi connectivity index (χ1n) is 6.26. The first-order chi connectivity index (χ1) is 10.2. The summed E-state index contributed by atoms with van der Waals surface area (Å²) in [6.07, 6.45) is 1.65. The normalized spacial score (nSPS) is 10.8. The van der Waals surface area contributed by atoms with Gasteiger partial charge in [0.2, 0.25) is 0 Å².